The van der Waals surface area contributed by atoms with Crippen LogP contribution in [-0.2, 0) is 19.3 Å². The van der Waals surface area contributed by atoms with Gasteiger partial charge in [-0.05, 0) is 29.8 Å². The van der Waals surface area contributed by atoms with Gasteiger partial charge >= 0.3 is 12.5 Å². The monoisotopic (exact) mass is 452 g/mol. The smallest absolute Gasteiger partial charge is 0.395 e. The molecule has 0 atom stereocenters. The van der Waals surface area contributed by atoms with Gasteiger partial charge in [0.25, 0.3) is 0 Å². The summed E-state index contributed by atoms with van der Waals surface area (Å²) in [6.07, 6.45) is -8.20. The molecule has 3 N–H and O–H groups in total. The molecule has 0 aliphatic carbocycles. The predicted molar refractivity (Wildman–Crippen MR) is 101 cm³/mol. The van der Waals surface area contributed by atoms with Crippen molar-refractivity contribution in [3.05, 3.63) is 53.3 Å². The number of nitrogen functional groups attached to an aromatic ring is 1. The average molecular weight is 452 g/mol. The van der Waals surface area contributed by atoms with Gasteiger partial charge in [-0.3, -0.25) is 0 Å². The Balaban J connectivity index is 1.38. The Kier molecular flexibility index (Phi) is 4.34. The second kappa shape index (κ2) is 6.88. The maximum Gasteiger partial charge on any atom is 0.586 e. The van der Waals surface area contributed by atoms with Crippen LogP contribution in [0.4, 0.5) is 27.9 Å². The molecule has 0 unspecified atom stereocenters. The van der Waals surface area contributed by atoms with E-state index in [0.29, 0.717) is 16.8 Å². The number of anilines is 1. The summed E-state index contributed by atoms with van der Waals surface area (Å²) in [5.74, 6) is -0.189. The third-order valence-corrected chi connectivity index (χ3v) is 4.77. The fraction of sp³-hybridized carbons (Fsp3) is 0.211. The van der Waals surface area contributed by atoms with E-state index < -0.39 is 18.0 Å². The van der Waals surface area contributed by atoms with Crippen molar-refractivity contribution in [2.24, 2.45) is 0 Å². The Bertz CT molecular complexity index is 1340. The lowest BCUT2D eigenvalue weighted by molar-refractivity contribution is -0.286. The van der Waals surface area contributed by atoms with Crippen molar-refractivity contribution in [2.75, 3.05) is 5.73 Å². The van der Waals surface area contributed by atoms with Gasteiger partial charge in [-0.1, -0.05) is 12.1 Å². The maximum atomic E-state index is 13.4. The first-order chi connectivity index (χ1) is 15.1. The van der Waals surface area contributed by atoms with Crippen LogP contribution in [0.5, 0.6) is 11.5 Å². The lowest BCUT2D eigenvalue weighted by Crippen LogP contribution is -2.26. The third kappa shape index (κ3) is 3.49. The minimum atomic E-state index is -4.39. The van der Waals surface area contributed by atoms with E-state index in [4.69, 9.17) is 5.73 Å². The minimum absolute atomic E-state index is 0.0568. The highest BCUT2D eigenvalue weighted by Crippen LogP contribution is 2.45. The van der Waals surface area contributed by atoms with Gasteiger partial charge in [0, 0.05) is 11.9 Å². The molecule has 32 heavy (non-hydrogen) atoms. The first-order valence-corrected chi connectivity index (χ1v) is 9.21. The third-order valence-electron chi connectivity index (χ3n) is 4.77. The van der Waals surface area contributed by atoms with E-state index in [9.17, 15) is 22.0 Å². The number of ether oxygens (including phenoxy) is 2. The molecular formula is C19H13F5N6O2. The molecule has 0 saturated heterocycles. The average Bonchev–Trinajstić information content (AvgIpc) is 3.28. The van der Waals surface area contributed by atoms with Gasteiger partial charge < -0.3 is 20.5 Å². The standard InChI is InChI=1S/C19H13F5N6O2/c20-18(21,22)10-3-1-9(2-4-10)7-26-8-13-27-16-11-5-6-12-15(32-19(23,24)31-12)14(11)28-17(25)30(16)29-13/h1-6,26H,7-8H2,(H2,25,28). The van der Waals surface area contributed by atoms with Crippen molar-refractivity contribution in [2.45, 2.75) is 25.6 Å². The topological polar surface area (TPSA) is 99.6 Å². The van der Waals surface area contributed by atoms with Gasteiger partial charge in [0.2, 0.25) is 5.95 Å². The van der Waals surface area contributed by atoms with Crippen LogP contribution in [0.15, 0.2) is 36.4 Å². The zero-order valence-corrected chi connectivity index (χ0v) is 16.0. The first kappa shape index (κ1) is 20.2. The molecule has 13 heteroatoms. The molecule has 1 aliphatic heterocycles. The summed E-state index contributed by atoms with van der Waals surface area (Å²) in [6, 6.07) is 7.57. The molecule has 3 heterocycles. The largest absolute Gasteiger partial charge is 0.586 e. The Hall–Kier alpha value is -3.74. The lowest BCUT2D eigenvalue weighted by atomic mass is 10.1. The number of alkyl halides is 5. The summed E-state index contributed by atoms with van der Waals surface area (Å²) in [7, 11) is 0. The molecule has 4 aromatic rings. The quantitative estimate of drug-likeness (QED) is 0.458. The van der Waals surface area contributed by atoms with Crippen LogP contribution in [-0.4, -0.2) is 25.9 Å². The van der Waals surface area contributed by atoms with Crippen molar-refractivity contribution in [1.29, 1.82) is 0 Å². The Morgan fingerprint density at radius 3 is 2.47 bits per heavy atom. The van der Waals surface area contributed by atoms with E-state index in [-0.39, 0.29) is 41.7 Å². The highest BCUT2D eigenvalue weighted by atomic mass is 19.4. The van der Waals surface area contributed by atoms with Crippen molar-refractivity contribution >= 4 is 22.5 Å². The van der Waals surface area contributed by atoms with Crippen molar-refractivity contribution < 1.29 is 31.4 Å². The Labute approximate surface area is 175 Å². The molecule has 1 aliphatic rings. The van der Waals surface area contributed by atoms with Crippen molar-refractivity contribution in [3.8, 4) is 11.5 Å². The summed E-state index contributed by atoms with van der Waals surface area (Å²) in [4.78, 5) is 8.48. The number of halogens is 5. The molecule has 166 valence electrons. The van der Waals surface area contributed by atoms with Crippen LogP contribution in [0, 0.1) is 0 Å². The zero-order chi connectivity index (χ0) is 22.7. The summed E-state index contributed by atoms with van der Waals surface area (Å²) in [5, 5.41) is 7.66. The zero-order valence-electron chi connectivity index (χ0n) is 16.0. The number of nitrogens with one attached hydrogen (secondary N) is 1. The van der Waals surface area contributed by atoms with Gasteiger partial charge in [0.15, 0.2) is 23.0 Å². The van der Waals surface area contributed by atoms with Crippen LogP contribution in [0.25, 0.3) is 16.6 Å². The highest BCUT2D eigenvalue weighted by Gasteiger charge is 2.45. The van der Waals surface area contributed by atoms with Crippen LogP contribution < -0.4 is 20.5 Å². The molecular weight excluding hydrogens is 439 g/mol. The van der Waals surface area contributed by atoms with Crippen LogP contribution in [0.3, 0.4) is 0 Å². The van der Waals surface area contributed by atoms with Crippen LogP contribution >= 0.6 is 0 Å². The molecule has 0 amide bonds. The van der Waals surface area contributed by atoms with Crippen molar-refractivity contribution in [3.63, 3.8) is 0 Å². The molecule has 0 saturated carbocycles. The van der Waals surface area contributed by atoms with E-state index in [1.165, 1.54) is 28.8 Å². The van der Waals surface area contributed by atoms with E-state index in [1.807, 2.05) is 0 Å². The Morgan fingerprint density at radius 1 is 1.00 bits per heavy atom. The number of benzene rings is 2. The number of hydrogen-bond donors (Lipinski definition) is 2. The number of hydrogen-bond acceptors (Lipinski definition) is 7. The molecule has 0 fully saturated rings. The fourth-order valence-electron chi connectivity index (χ4n) is 3.35. The normalized spacial score (nSPS) is 15.0. The Morgan fingerprint density at radius 2 is 1.75 bits per heavy atom. The van der Waals surface area contributed by atoms with Gasteiger partial charge in [0.1, 0.15) is 5.52 Å². The number of nitrogens with two attached hydrogens (primary N) is 1. The fourth-order valence-corrected chi connectivity index (χ4v) is 3.35. The molecule has 0 spiro atoms. The summed E-state index contributed by atoms with van der Waals surface area (Å²) in [6.45, 7) is 0.447. The van der Waals surface area contributed by atoms with Gasteiger partial charge in [0.05, 0.1) is 12.1 Å². The van der Waals surface area contributed by atoms with Gasteiger partial charge in [-0.2, -0.15) is 17.7 Å². The predicted octanol–water partition coefficient (Wildman–Crippen LogP) is 3.49. The van der Waals surface area contributed by atoms with Gasteiger partial charge in [-0.25, -0.2) is 9.97 Å². The summed E-state index contributed by atoms with van der Waals surface area (Å²) >= 11 is 0. The molecule has 0 radical (unpaired) electrons. The first-order valence-electron chi connectivity index (χ1n) is 9.21. The maximum absolute atomic E-state index is 13.4. The molecule has 0 bridgehead atoms. The van der Waals surface area contributed by atoms with Crippen LogP contribution in [0.1, 0.15) is 17.0 Å². The number of aromatic nitrogens is 4. The molecule has 8 nitrogen and oxygen atoms in total. The number of nitrogens with zero attached hydrogens (tertiary/aromatic N) is 4. The lowest BCUT2D eigenvalue weighted by Gasteiger charge is -2.07. The van der Waals surface area contributed by atoms with E-state index in [2.05, 4.69) is 29.9 Å². The molecule has 5 rings (SSSR count). The van der Waals surface area contributed by atoms with Gasteiger partial charge in [-0.15, -0.1) is 13.9 Å². The highest BCUT2D eigenvalue weighted by molar-refractivity contribution is 5.97. The second-order valence-electron chi connectivity index (χ2n) is 6.99. The second-order valence-corrected chi connectivity index (χ2v) is 6.99. The number of fused-ring (bicyclic) bond motifs is 5. The van der Waals surface area contributed by atoms with E-state index >= 15 is 0 Å². The SMILES string of the molecule is Nc1nc2c3c(ccc2c2nc(CNCc4ccc(C(F)(F)F)cc4)nn12)OC(F)(F)O3. The summed E-state index contributed by atoms with van der Waals surface area (Å²) < 4.78 is 75.1. The summed E-state index contributed by atoms with van der Waals surface area (Å²) in [5.41, 5.74) is 6.17. The minimum Gasteiger partial charge on any atom is -0.395 e. The molecule has 2 aromatic carbocycles. The number of rotatable bonds is 4. The van der Waals surface area contributed by atoms with E-state index in [0.717, 1.165) is 12.1 Å². The van der Waals surface area contributed by atoms with E-state index in [1.54, 1.807) is 0 Å². The molecule has 2 aromatic heterocycles. The van der Waals surface area contributed by atoms with Crippen molar-refractivity contribution in [1.82, 2.24) is 24.9 Å². The van der Waals surface area contributed by atoms with Crippen LogP contribution in [0.2, 0.25) is 0 Å².